The Morgan fingerprint density at radius 2 is 1.06 bits per heavy atom. The molecule has 0 amide bonds. The Hall–Kier alpha value is -1.50. The lowest BCUT2D eigenvalue weighted by atomic mass is 10.4. The summed E-state index contributed by atoms with van der Waals surface area (Å²) in [5.41, 5.74) is 0.986. The maximum atomic E-state index is 3.57. The van der Waals surface area contributed by atoms with Crippen LogP contribution in [0.4, 0.5) is 0 Å². The Morgan fingerprint density at radius 1 is 0.722 bits per heavy atom. The molecular weight excluding hydrogens is 218 g/mol. The van der Waals surface area contributed by atoms with Gasteiger partial charge in [0.2, 0.25) is 0 Å². The molecule has 0 rings (SSSR count). The Morgan fingerprint density at radius 3 is 1.11 bits per heavy atom. The van der Waals surface area contributed by atoms with Crippen molar-refractivity contribution in [3.63, 3.8) is 0 Å². The van der Waals surface area contributed by atoms with E-state index in [1.807, 2.05) is 54.7 Å². The van der Waals surface area contributed by atoms with E-state index in [0.717, 1.165) is 5.70 Å². The summed E-state index contributed by atoms with van der Waals surface area (Å²) < 4.78 is 0. The molecule has 0 bridgehead atoms. The average Bonchev–Trinajstić information content (AvgIpc) is 2.51. The van der Waals surface area contributed by atoms with Gasteiger partial charge in [0.1, 0.15) is 0 Å². The van der Waals surface area contributed by atoms with E-state index in [1.165, 1.54) is 0 Å². The van der Waals surface area contributed by atoms with Crippen LogP contribution in [-0.4, -0.2) is 7.05 Å². The highest BCUT2D eigenvalue weighted by Crippen LogP contribution is 1.86. The van der Waals surface area contributed by atoms with Gasteiger partial charge in [-0.15, -0.1) is 0 Å². The number of likely N-dealkylation sites (N-methyl/N-ethyl adjacent to an activating group) is 1. The van der Waals surface area contributed by atoms with Gasteiger partial charge in [0, 0.05) is 12.7 Å². The Kier molecular flexibility index (Phi) is 96.5. The van der Waals surface area contributed by atoms with E-state index in [-0.39, 0.29) is 0 Å². The molecule has 0 aliphatic heterocycles. The molecule has 0 radical (unpaired) electrons. The first kappa shape index (κ1) is 30.0. The predicted molar refractivity (Wildman–Crippen MR) is 92.0 cm³/mol. The molecule has 0 aromatic heterocycles. The van der Waals surface area contributed by atoms with E-state index in [9.17, 15) is 0 Å². The van der Waals surface area contributed by atoms with Crippen LogP contribution < -0.4 is 5.32 Å². The number of hydrogen-bond donors (Lipinski definition) is 1. The smallest absolute Gasteiger partial charge is 0.0331 e. The molecule has 0 saturated heterocycles. The van der Waals surface area contributed by atoms with Crippen molar-refractivity contribution >= 4 is 0 Å². The van der Waals surface area contributed by atoms with Crippen LogP contribution in [0.25, 0.3) is 0 Å². The second kappa shape index (κ2) is 57.9. The molecule has 0 spiro atoms. The first-order valence-corrected chi connectivity index (χ1v) is 6.63. The summed E-state index contributed by atoms with van der Waals surface area (Å²) in [5, 5.41) is 2.92. The highest BCUT2D eigenvalue weighted by Gasteiger charge is 1.76. The Bertz CT molecular complexity index is 170. The molecule has 0 fully saturated rings. The second-order valence-electron chi connectivity index (χ2n) is 1.78. The molecule has 0 atom stereocenters. The molecule has 0 aliphatic carbocycles. The lowest BCUT2D eigenvalue weighted by molar-refractivity contribution is 1.03. The van der Waals surface area contributed by atoms with Gasteiger partial charge < -0.3 is 5.32 Å². The molecule has 0 aromatic rings. The van der Waals surface area contributed by atoms with Crippen LogP contribution in [0.2, 0.25) is 0 Å². The third-order valence-electron chi connectivity index (χ3n) is 0.973. The van der Waals surface area contributed by atoms with E-state index in [2.05, 4.69) is 31.6 Å². The fraction of sp³-hybridized carbons (Fsp3) is 0.412. The largest absolute Gasteiger partial charge is 0.388 e. The number of rotatable bonds is 4. The molecule has 18 heavy (non-hydrogen) atoms. The van der Waals surface area contributed by atoms with Gasteiger partial charge in [0.15, 0.2) is 0 Å². The molecule has 0 unspecified atom stereocenters. The van der Waals surface area contributed by atoms with Gasteiger partial charge in [-0.3, -0.25) is 0 Å². The predicted octanol–water partition coefficient (Wildman–Crippen LogP) is 5.90. The SMILES string of the molecule is C=C/C=C(\C=C)NC.C=CC=C.CC.CC.CC. The molecular formula is C17H35N. The number of nitrogens with one attached hydrogen (secondary N) is 1. The van der Waals surface area contributed by atoms with Crippen LogP contribution in [0.5, 0.6) is 0 Å². The van der Waals surface area contributed by atoms with Crippen LogP contribution in [-0.2, 0) is 0 Å². The molecule has 0 saturated carbocycles. The lowest BCUT2D eigenvalue weighted by Crippen LogP contribution is -2.01. The molecule has 0 aliphatic rings. The first-order valence-electron chi connectivity index (χ1n) is 6.63. The molecule has 0 heterocycles. The maximum Gasteiger partial charge on any atom is 0.0331 e. The first-order chi connectivity index (χ1) is 8.76. The normalized spacial score (nSPS) is 6.72. The summed E-state index contributed by atoms with van der Waals surface area (Å²) in [7, 11) is 1.84. The molecule has 108 valence electrons. The maximum absolute atomic E-state index is 3.57. The van der Waals surface area contributed by atoms with Crippen molar-refractivity contribution in [1.82, 2.24) is 5.32 Å². The van der Waals surface area contributed by atoms with Gasteiger partial charge in [0.05, 0.1) is 0 Å². The summed E-state index contributed by atoms with van der Waals surface area (Å²) >= 11 is 0. The Labute approximate surface area is 117 Å². The minimum atomic E-state index is 0.986. The van der Waals surface area contributed by atoms with Gasteiger partial charge in [-0.1, -0.05) is 86.1 Å². The molecule has 1 nitrogen and oxygen atoms in total. The number of hydrogen-bond acceptors (Lipinski definition) is 1. The van der Waals surface area contributed by atoms with E-state index in [4.69, 9.17) is 0 Å². The molecule has 0 aromatic carbocycles. The van der Waals surface area contributed by atoms with E-state index in [0.29, 0.717) is 0 Å². The summed E-state index contributed by atoms with van der Waals surface area (Å²) in [6.45, 7) is 25.8. The fourth-order valence-corrected chi connectivity index (χ4v) is 0.380. The van der Waals surface area contributed by atoms with Gasteiger partial charge >= 0.3 is 0 Å². The summed E-state index contributed by atoms with van der Waals surface area (Å²) in [6, 6.07) is 0. The quantitative estimate of drug-likeness (QED) is 0.615. The highest BCUT2D eigenvalue weighted by atomic mass is 14.8. The zero-order chi connectivity index (χ0) is 15.8. The van der Waals surface area contributed by atoms with Crippen molar-refractivity contribution in [2.24, 2.45) is 0 Å². The van der Waals surface area contributed by atoms with Gasteiger partial charge in [-0.2, -0.15) is 0 Å². The monoisotopic (exact) mass is 253 g/mol. The summed E-state index contributed by atoms with van der Waals surface area (Å²) in [6.07, 6.45) is 8.59. The minimum absolute atomic E-state index is 0.986. The van der Waals surface area contributed by atoms with Gasteiger partial charge in [-0.25, -0.2) is 0 Å². The highest BCUT2D eigenvalue weighted by molar-refractivity contribution is 5.18. The zero-order valence-corrected chi connectivity index (χ0v) is 13.7. The fourth-order valence-electron chi connectivity index (χ4n) is 0.380. The van der Waals surface area contributed by atoms with Crippen LogP contribution in [0.3, 0.4) is 0 Å². The van der Waals surface area contributed by atoms with Crippen LogP contribution in [0.15, 0.2) is 62.4 Å². The van der Waals surface area contributed by atoms with Crippen molar-refractivity contribution in [3.05, 3.63) is 62.4 Å². The minimum Gasteiger partial charge on any atom is -0.388 e. The lowest BCUT2D eigenvalue weighted by Gasteiger charge is -1.94. The van der Waals surface area contributed by atoms with Gasteiger partial charge in [0.25, 0.3) is 0 Å². The summed E-state index contributed by atoms with van der Waals surface area (Å²) in [5.74, 6) is 0. The second-order valence-corrected chi connectivity index (χ2v) is 1.78. The van der Waals surface area contributed by atoms with Crippen molar-refractivity contribution in [1.29, 1.82) is 0 Å². The van der Waals surface area contributed by atoms with Gasteiger partial charge in [-0.05, 0) is 12.2 Å². The van der Waals surface area contributed by atoms with E-state index >= 15 is 0 Å². The Balaban J connectivity index is -0.0000000477. The zero-order valence-electron chi connectivity index (χ0n) is 13.7. The standard InChI is InChI=1S/C7H11N.C4H6.3C2H6/c1-4-6-7(5-2)8-3;1-3-4-2;3*1-2/h4-6,8H,1-2H2,3H3;3-4H,1-2H2;3*1-2H3/b7-6+;;;;. The number of allylic oxidation sites excluding steroid dienone is 5. The van der Waals surface area contributed by atoms with Crippen LogP contribution in [0, 0.1) is 0 Å². The summed E-state index contributed by atoms with van der Waals surface area (Å²) in [4.78, 5) is 0. The van der Waals surface area contributed by atoms with Crippen LogP contribution >= 0.6 is 0 Å². The van der Waals surface area contributed by atoms with Crippen LogP contribution in [0.1, 0.15) is 41.5 Å². The van der Waals surface area contributed by atoms with Crippen molar-refractivity contribution in [2.45, 2.75) is 41.5 Å². The van der Waals surface area contributed by atoms with E-state index < -0.39 is 0 Å². The van der Waals surface area contributed by atoms with Crippen molar-refractivity contribution in [3.8, 4) is 0 Å². The third-order valence-corrected chi connectivity index (χ3v) is 0.973. The molecule has 1 heteroatoms. The van der Waals surface area contributed by atoms with E-state index in [1.54, 1.807) is 24.3 Å². The van der Waals surface area contributed by atoms with Crippen molar-refractivity contribution < 1.29 is 0 Å². The topological polar surface area (TPSA) is 12.0 Å². The average molecular weight is 253 g/mol. The molecule has 1 N–H and O–H groups in total. The third kappa shape index (κ3) is 62.5. The van der Waals surface area contributed by atoms with Crippen molar-refractivity contribution in [2.75, 3.05) is 7.05 Å².